The van der Waals surface area contributed by atoms with E-state index >= 15 is 0 Å². The molecule has 640 valence electrons. The van der Waals surface area contributed by atoms with Gasteiger partial charge in [0.15, 0.2) is 51.2 Å². The molecule has 6 atom stereocenters. The molecule has 0 aromatic heterocycles. The summed E-state index contributed by atoms with van der Waals surface area (Å²) in [5.74, 6) is -2.76. The minimum atomic E-state index is -2.13. The summed E-state index contributed by atoms with van der Waals surface area (Å²) in [6, 6.07) is 32.0. The Bertz CT molecular complexity index is 4760. The highest BCUT2D eigenvalue weighted by Gasteiger charge is 2.41. The minimum absolute atomic E-state index is 0.0152. The number of anilines is 4. The fraction of sp³-hybridized carbons (Fsp3) is 0.473. The molecule has 0 saturated heterocycles. The number of Topliss-reactive ketones (excluding diaryl/α,β-unsaturated/α-hetero) is 2. The Kier molecular flexibility index (Phi) is 33.0. The van der Waals surface area contributed by atoms with Gasteiger partial charge in [-0.25, -0.2) is 0 Å². The summed E-state index contributed by atoms with van der Waals surface area (Å²) in [4.78, 5) is 139. The van der Waals surface area contributed by atoms with Crippen molar-refractivity contribution in [3.05, 3.63) is 154 Å². The van der Waals surface area contributed by atoms with E-state index < -0.39 is 40.6 Å². The van der Waals surface area contributed by atoms with E-state index in [-0.39, 0.29) is 138 Å². The number of para-hydroxylation sites is 2. The van der Waals surface area contributed by atoms with Gasteiger partial charge in [-0.2, -0.15) is 0 Å². The van der Waals surface area contributed by atoms with Crippen molar-refractivity contribution in [2.75, 3.05) is 48.9 Å². The van der Waals surface area contributed by atoms with Gasteiger partial charge in [-0.15, -0.1) is 0 Å². The predicted octanol–water partition coefficient (Wildman–Crippen LogP) is 16.1. The molecule has 5 N–H and O–H groups in total. The Hall–Kier alpha value is -10.7. The van der Waals surface area contributed by atoms with Crippen LogP contribution in [0, 0.1) is 11.8 Å². The molecule has 0 saturated carbocycles. The van der Waals surface area contributed by atoms with E-state index in [0.29, 0.717) is 90.7 Å². The molecule has 0 spiro atoms. The topological polar surface area (TPSA) is 335 Å². The summed E-state index contributed by atoms with van der Waals surface area (Å²) in [6.45, 7) is 31.5. The maximum Gasteiger partial charge on any atom is 0.305 e. The van der Waals surface area contributed by atoms with E-state index in [1.54, 1.807) is 61.9 Å². The molecule has 4 aliphatic heterocycles. The summed E-state index contributed by atoms with van der Waals surface area (Å²) >= 11 is 0. The van der Waals surface area contributed by atoms with E-state index in [4.69, 9.17) is 28.1 Å². The summed E-state index contributed by atoms with van der Waals surface area (Å²) in [5, 5.41) is 21.3. The number of amides is 6. The third kappa shape index (κ3) is 25.4. The van der Waals surface area contributed by atoms with Crippen molar-refractivity contribution < 1.29 is 85.6 Å². The average Bonchev–Trinajstić information content (AvgIpc) is 1.62. The molecule has 0 unspecified atom stereocenters. The highest BCUT2D eigenvalue weighted by molar-refractivity contribution is 6.74. The first-order chi connectivity index (χ1) is 56.2. The van der Waals surface area contributed by atoms with Crippen molar-refractivity contribution in [1.29, 1.82) is 0 Å². The van der Waals surface area contributed by atoms with Gasteiger partial charge in [0.25, 0.3) is 11.8 Å². The minimum Gasteiger partial charge on any atom is -0.504 e. The molecule has 6 aromatic rings. The van der Waals surface area contributed by atoms with Crippen molar-refractivity contribution in [2.45, 2.75) is 240 Å². The lowest BCUT2D eigenvalue weighted by atomic mass is 9.99. The SMILES string of the molecule is CCc1cc(CO[Si](C)(C)C(C)(C)C)cc(NC(=O)[C@H](C)CC(=O)[C@H](C)NC(=O)CCCCC(=O)OC)c1.COC(=O)CCCCC(=O)N[C@@H](C)C(=O)C[C@@H](C)C(=O)Nc1cc(COc2cc3c(cc2OC)C(=O)N2c4ccccc4C[C@H]2C=N3)cc(CO[Si](C)(C)C(C)(C)C)c1.COc1cc2c(cc1O)N=C[C@@H]1Cc3ccccc3N1C2=O. The number of phenols is 1. The second-order valence-corrected chi connectivity index (χ2v) is 43.5. The fourth-order valence-corrected chi connectivity index (χ4v) is 15.2. The van der Waals surface area contributed by atoms with Crippen LogP contribution >= 0.6 is 0 Å². The van der Waals surface area contributed by atoms with E-state index in [2.05, 4.69) is 116 Å². The van der Waals surface area contributed by atoms with E-state index in [1.165, 1.54) is 34.5 Å². The Labute approximate surface area is 701 Å². The summed E-state index contributed by atoms with van der Waals surface area (Å²) in [7, 11) is 1.59. The molecule has 119 heavy (non-hydrogen) atoms. The molecule has 10 rings (SSSR count). The van der Waals surface area contributed by atoms with Crippen molar-refractivity contribution in [3.63, 3.8) is 0 Å². The van der Waals surface area contributed by atoms with Gasteiger partial charge in [0.05, 0.1) is 88.3 Å². The number of ketones is 2. The quantitative estimate of drug-likeness (QED) is 0.0142. The lowest BCUT2D eigenvalue weighted by Crippen LogP contribution is -2.40. The summed E-state index contributed by atoms with van der Waals surface area (Å²) in [5.41, 5.74) is 10.7. The number of nitrogens with zero attached hydrogens (tertiary/aromatic N) is 4. The number of aliphatic imine (C=N–C) groups is 2. The van der Waals surface area contributed by atoms with Crippen LogP contribution in [0.2, 0.25) is 36.3 Å². The first kappa shape index (κ1) is 93.8. The van der Waals surface area contributed by atoms with Crippen molar-refractivity contribution in [1.82, 2.24) is 10.6 Å². The predicted molar refractivity (Wildman–Crippen MR) is 467 cm³/mol. The van der Waals surface area contributed by atoms with Gasteiger partial charge in [0.1, 0.15) is 6.61 Å². The van der Waals surface area contributed by atoms with Crippen LogP contribution in [-0.2, 0) is 95.8 Å². The zero-order chi connectivity index (χ0) is 87.4. The molecule has 0 aliphatic carbocycles. The normalized spacial score (nSPS) is 15.4. The van der Waals surface area contributed by atoms with Gasteiger partial charge < -0.3 is 58.9 Å². The van der Waals surface area contributed by atoms with Crippen molar-refractivity contribution in [3.8, 4) is 23.0 Å². The highest BCUT2D eigenvalue weighted by atomic mass is 28.4. The van der Waals surface area contributed by atoms with Gasteiger partial charge >= 0.3 is 11.9 Å². The maximum atomic E-state index is 13.9. The Morgan fingerprint density at radius 2 is 0.891 bits per heavy atom. The molecule has 6 amide bonds. The molecule has 0 radical (unpaired) electrons. The molecular weight excluding hydrogens is 1550 g/mol. The molecular formula is C91H120N8O18Si2. The molecule has 4 heterocycles. The molecule has 0 fully saturated rings. The van der Waals surface area contributed by atoms with Gasteiger partial charge in [-0.3, -0.25) is 67.7 Å². The van der Waals surface area contributed by atoms with Crippen LogP contribution < -0.4 is 45.3 Å². The Morgan fingerprint density at radius 1 is 0.504 bits per heavy atom. The van der Waals surface area contributed by atoms with Crippen LogP contribution in [-0.4, -0.2) is 146 Å². The number of unbranched alkanes of at least 4 members (excludes halogenated alkanes) is 2. The van der Waals surface area contributed by atoms with Gasteiger partial charge in [0.2, 0.25) is 23.6 Å². The number of esters is 2. The standard InChI is InChI=1S/C45H58N4O9Si.C29H48N2O6Si.C17H14N2O3/c1-28(18-38(50)29(2)47-41(51)16-12-13-17-42(52)56-7)43(53)48-33-20-30(19-31(21-33)27-58-59(8,9)45(3,4)5)26-57-40-24-36-35(23-39(40)55-6)44(54)49-34(25-46-36)22-32-14-10-11-15-37(32)49;1-10-22-16-23(19-37-38(8,9)29(4,5)6)18-24(17-22)31-28(35)20(2)15-25(32)21(3)30-26(33)13-11-12-14-27(34)36-7;1-22-16-7-12-13(8-15(16)20)18-9-11-6-10-4-2-3-5-14(10)19(11)17(12)21/h10-11,14-15,19-21,23-25,28-29,34H,12-13,16-18,22,26-27H2,1-9H3,(H,47,51)(H,48,53);16-18,20-21H,10-15,19H2,1-9H3,(H,30,33)(H,31,35);2-5,7-9,11,20H,6H2,1H3/t28-,29+,34+;20-,21+;11-/m110/s1. The average molecular weight is 1670 g/mol. The fourth-order valence-electron chi connectivity index (χ4n) is 13.3. The van der Waals surface area contributed by atoms with E-state index in [9.17, 15) is 53.1 Å². The maximum absolute atomic E-state index is 13.9. The number of ether oxygens (including phenoxy) is 5. The number of carbonyl (C=O) groups excluding carboxylic acids is 10. The molecule has 0 bridgehead atoms. The van der Waals surface area contributed by atoms with E-state index in [1.807, 2.05) is 85.1 Å². The van der Waals surface area contributed by atoms with Crippen LogP contribution in [0.3, 0.4) is 0 Å². The largest absolute Gasteiger partial charge is 0.504 e. The van der Waals surface area contributed by atoms with Crippen LogP contribution in [0.5, 0.6) is 23.0 Å². The number of rotatable bonds is 34. The van der Waals surface area contributed by atoms with Crippen molar-refractivity contribution in [2.24, 2.45) is 21.8 Å². The molecule has 4 aliphatic rings. The Balaban J connectivity index is 0.000000249. The first-order valence-corrected chi connectivity index (χ1v) is 46.6. The second kappa shape index (κ2) is 41.8. The molecule has 6 aromatic carbocycles. The number of benzene rings is 6. The second-order valence-electron chi connectivity index (χ2n) is 33.9. The number of hydrogen-bond acceptors (Lipinski definition) is 20. The number of aryl methyl sites for hydroxylation is 1. The summed E-state index contributed by atoms with van der Waals surface area (Å²) in [6.07, 6.45) is 8.73. The van der Waals surface area contributed by atoms with Gasteiger partial charge in [-0.05, 0) is 170 Å². The number of hydrogen-bond donors (Lipinski definition) is 5. The lowest BCUT2D eigenvalue weighted by molar-refractivity contribution is -0.141. The number of nitrogens with one attached hydrogen (secondary N) is 4. The van der Waals surface area contributed by atoms with Crippen LogP contribution in [0.15, 0.2) is 119 Å². The third-order valence-electron chi connectivity index (χ3n) is 22.7. The zero-order valence-corrected chi connectivity index (χ0v) is 74.5. The number of aromatic hydroxyl groups is 1. The van der Waals surface area contributed by atoms with E-state index in [0.717, 1.165) is 57.6 Å². The number of phenolic OH excluding ortho intramolecular Hbond substituents is 1. The third-order valence-corrected chi connectivity index (χ3v) is 31.6. The van der Waals surface area contributed by atoms with Crippen LogP contribution in [0.1, 0.15) is 194 Å². The van der Waals surface area contributed by atoms with Crippen LogP contribution in [0.25, 0.3) is 0 Å². The van der Waals surface area contributed by atoms with Gasteiger partial charge in [0, 0.05) is 111 Å². The molecule has 28 heteroatoms. The van der Waals surface area contributed by atoms with Crippen molar-refractivity contribution >= 4 is 122 Å². The summed E-state index contributed by atoms with van der Waals surface area (Å²) < 4.78 is 39.3. The van der Waals surface area contributed by atoms with Gasteiger partial charge in [-0.1, -0.05) is 105 Å². The first-order valence-electron chi connectivity index (χ1n) is 40.8. The lowest BCUT2D eigenvalue weighted by Gasteiger charge is -2.36. The zero-order valence-electron chi connectivity index (χ0n) is 72.5. The Morgan fingerprint density at radius 3 is 1.30 bits per heavy atom. The number of fused-ring (bicyclic) bond motifs is 8. The molecule has 26 nitrogen and oxygen atoms in total. The highest BCUT2D eigenvalue weighted by Crippen LogP contribution is 2.44. The number of methoxy groups -OCH3 is 4. The van der Waals surface area contributed by atoms with Crippen LogP contribution in [0.4, 0.5) is 34.1 Å². The number of carbonyl (C=O) groups is 10. The monoisotopic (exact) mass is 1670 g/mol. The smallest absolute Gasteiger partial charge is 0.305 e.